The van der Waals surface area contributed by atoms with E-state index in [1.807, 2.05) is 32.0 Å². The third kappa shape index (κ3) is 4.97. The molecule has 3 N–H and O–H groups in total. The van der Waals surface area contributed by atoms with Crippen LogP contribution in [-0.4, -0.2) is 48.2 Å². The van der Waals surface area contributed by atoms with Crippen molar-refractivity contribution in [1.29, 1.82) is 0 Å². The number of halogens is 3. The van der Waals surface area contributed by atoms with Crippen LogP contribution in [0.3, 0.4) is 0 Å². The molecule has 0 unspecified atom stereocenters. The largest absolute Gasteiger partial charge is 0.459 e. The van der Waals surface area contributed by atoms with Crippen molar-refractivity contribution in [2.24, 2.45) is 5.92 Å². The Kier molecular flexibility index (Phi) is 6.27. The maximum atomic E-state index is 12.3. The quantitative estimate of drug-likeness (QED) is 0.393. The van der Waals surface area contributed by atoms with E-state index < -0.39 is 18.0 Å². The number of furan rings is 1. The molecule has 4 heterocycles. The first-order chi connectivity index (χ1) is 17.1. The van der Waals surface area contributed by atoms with Crippen LogP contribution < -0.4 is 20.9 Å². The number of fused-ring (bicyclic) bond motifs is 2. The van der Waals surface area contributed by atoms with Gasteiger partial charge in [-0.1, -0.05) is 6.07 Å². The van der Waals surface area contributed by atoms with Crippen LogP contribution in [0, 0.1) is 5.92 Å². The molecule has 1 saturated heterocycles. The maximum absolute atomic E-state index is 12.3. The summed E-state index contributed by atoms with van der Waals surface area (Å²) < 4.78 is 42.7. The van der Waals surface area contributed by atoms with Gasteiger partial charge in [-0.25, -0.2) is 4.98 Å². The number of alkyl halides is 3. The molecule has 192 valence electrons. The van der Waals surface area contributed by atoms with Gasteiger partial charge >= 0.3 is 6.18 Å². The van der Waals surface area contributed by atoms with E-state index in [2.05, 4.69) is 25.8 Å². The lowest BCUT2D eigenvalue weighted by atomic mass is 9.86. The van der Waals surface area contributed by atoms with E-state index in [4.69, 9.17) is 9.40 Å². The number of carbonyl (C=O) groups excluding carboxylic acids is 1. The summed E-state index contributed by atoms with van der Waals surface area (Å²) in [6, 6.07) is 7.50. The Balaban J connectivity index is 1.27. The molecule has 1 aromatic carbocycles. The van der Waals surface area contributed by atoms with Crippen LogP contribution in [0.25, 0.3) is 11.1 Å². The molecular weight excluding hydrogens is 473 g/mol. The van der Waals surface area contributed by atoms with Crippen LogP contribution in [0.2, 0.25) is 0 Å². The second-order valence-corrected chi connectivity index (χ2v) is 9.97. The van der Waals surface area contributed by atoms with E-state index in [1.54, 1.807) is 12.3 Å². The van der Waals surface area contributed by atoms with Crippen LogP contribution in [0.4, 0.5) is 36.3 Å². The highest BCUT2D eigenvalue weighted by molar-refractivity contribution is 6.06. The zero-order valence-corrected chi connectivity index (χ0v) is 20.2. The zero-order valence-electron chi connectivity index (χ0n) is 20.2. The Bertz CT molecular complexity index is 1260. The molecule has 1 amide bonds. The highest BCUT2D eigenvalue weighted by atomic mass is 19.4. The summed E-state index contributed by atoms with van der Waals surface area (Å²) in [6.45, 7) is 5.75. The average molecular weight is 503 g/mol. The van der Waals surface area contributed by atoms with Crippen molar-refractivity contribution in [3.05, 3.63) is 36.1 Å². The standard InChI is InChI=1S/C25H29F3N6O2/c1-24(2)17-4-3-16(13-19(17)31-22(24)35)30-23-32-18-7-12-36-20(18)21(33-23)34-10-5-15(6-11-34)14-29-9-8-25(26,27)28/h3-4,7,12-13,15,29H,5-6,8-11,14H2,1-2H3,(H,31,35)(H,30,32,33). The predicted molar refractivity (Wildman–Crippen MR) is 132 cm³/mol. The number of carbonyl (C=O) groups is 1. The minimum absolute atomic E-state index is 0.0352. The third-order valence-electron chi connectivity index (χ3n) is 6.98. The van der Waals surface area contributed by atoms with Crippen LogP contribution >= 0.6 is 0 Å². The van der Waals surface area contributed by atoms with Gasteiger partial charge in [-0.05, 0) is 56.8 Å². The third-order valence-corrected chi connectivity index (χ3v) is 6.98. The second-order valence-electron chi connectivity index (χ2n) is 9.97. The summed E-state index contributed by atoms with van der Waals surface area (Å²) in [5, 5.41) is 9.11. The number of nitrogens with one attached hydrogen (secondary N) is 3. The molecule has 2 aromatic heterocycles. The number of piperidine rings is 1. The van der Waals surface area contributed by atoms with Crippen molar-refractivity contribution < 1.29 is 22.4 Å². The van der Waals surface area contributed by atoms with Gasteiger partial charge in [0.1, 0.15) is 5.52 Å². The molecule has 5 rings (SSSR count). The number of rotatable bonds is 7. The normalized spacial score (nSPS) is 17.9. The Hall–Kier alpha value is -3.34. The molecule has 0 aliphatic carbocycles. The van der Waals surface area contributed by atoms with Crippen molar-refractivity contribution in [2.75, 3.05) is 41.7 Å². The molecule has 3 aromatic rings. The van der Waals surface area contributed by atoms with E-state index >= 15 is 0 Å². The monoisotopic (exact) mass is 502 g/mol. The van der Waals surface area contributed by atoms with Crippen molar-refractivity contribution >= 4 is 40.1 Å². The first kappa shape index (κ1) is 24.4. The highest BCUT2D eigenvalue weighted by Gasteiger charge is 2.38. The van der Waals surface area contributed by atoms with Gasteiger partial charge in [-0.15, -0.1) is 0 Å². The summed E-state index contributed by atoms with van der Waals surface area (Å²) in [4.78, 5) is 23.7. The first-order valence-corrected chi connectivity index (χ1v) is 12.1. The predicted octanol–water partition coefficient (Wildman–Crippen LogP) is 4.95. The van der Waals surface area contributed by atoms with E-state index in [-0.39, 0.29) is 12.5 Å². The minimum Gasteiger partial charge on any atom is -0.459 e. The van der Waals surface area contributed by atoms with Gasteiger partial charge in [0.15, 0.2) is 11.4 Å². The molecule has 0 spiro atoms. The molecule has 2 aliphatic heterocycles. The number of nitrogens with zero attached hydrogens (tertiary/aromatic N) is 3. The second kappa shape index (κ2) is 9.27. The number of hydrogen-bond acceptors (Lipinski definition) is 7. The molecule has 0 atom stereocenters. The van der Waals surface area contributed by atoms with Crippen LogP contribution in [0.15, 0.2) is 34.9 Å². The summed E-state index contributed by atoms with van der Waals surface area (Å²) in [5.41, 5.74) is 3.17. The Morgan fingerprint density at radius 2 is 1.97 bits per heavy atom. The van der Waals surface area contributed by atoms with Crippen molar-refractivity contribution in [1.82, 2.24) is 15.3 Å². The van der Waals surface area contributed by atoms with E-state index in [0.717, 1.165) is 42.9 Å². The lowest BCUT2D eigenvalue weighted by Gasteiger charge is -2.33. The number of anilines is 4. The fraction of sp³-hybridized carbons (Fsp3) is 0.480. The average Bonchev–Trinajstić information content (AvgIpc) is 3.38. The van der Waals surface area contributed by atoms with E-state index in [1.165, 1.54) is 0 Å². The number of aromatic nitrogens is 2. The zero-order chi connectivity index (χ0) is 25.5. The molecule has 36 heavy (non-hydrogen) atoms. The molecule has 11 heteroatoms. The Labute approximate surface area is 206 Å². The number of hydrogen-bond donors (Lipinski definition) is 3. The maximum Gasteiger partial charge on any atom is 0.390 e. The Morgan fingerprint density at radius 3 is 2.72 bits per heavy atom. The van der Waals surface area contributed by atoms with Gasteiger partial charge in [-0.2, -0.15) is 18.2 Å². The van der Waals surface area contributed by atoms with Gasteiger partial charge in [0.25, 0.3) is 0 Å². The lowest BCUT2D eigenvalue weighted by molar-refractivity contribution is -0.133. The highest BCUT2D eigenvalue weighted by Crippen LogP contribution is 2.39. The SMILES string of the molecule is CC1(C)C(=O)Nc2cc(Nc3nc(N4CCC(CNCCC(F)(F)F)CC4)c4occc4n3)ccc21. The summed E-state index contributed by atoms with van der Waals surface area (Å²) >= 11 is 0. The fourth-order valence-electron chi connectivity index (χ4n) is 4.80. The summed E-state index contributed by atoms with van der Waals surface area (Å²) in [5.74, 6) is 1.38. The van der Waals surface area contributed by atoms with E-state index in [0.29, 0.717) is 35.3 Å². The van der Waals surface area contributed by atoms with Gasteiger partial charge in [-0.3, -0.25) is 4.79 Å². The minimum atomic E-state index is -4.13. The lowest BCUT2D eigenvalue weighted by Crippen LogP contribution is -2.38. The van der Waals surface area contributed by atoms with Gasteiger partial charge in [0, 0.05) is 37.1 Å². The summed E-state index contributed by atoms with van der Waals surface area (Å²) in [7, 11) is 0. The number of benzene rings is 1. The van der Waals surface area contributed by atoms with Gasteiger partial charge in [0.05, 0.1) is 18.1 Å². The number of amides is 1. The van der Waals surface area contributed by atoms with E-state index in [9.17, 15) is 18.0 Å². The molecule has 0 bridgehead atoms. The molecule has 2 aliphatic rings. The topological polar surface area (TPSA) is 95.3 Å². The van der Waals surface area contributed by atoms with Crippen LogP contribution in [-0.2, 0) is 10.2 Å². The fourth-order valence-corrected chi connectivity index (χ4v) is 4.80. The summed E-state index contributed by atoms with van der Waals surface area (Å²) in [6.07, 6.45) is -1.68. The van der Waals surface area contributed by atoms with Crippen molar-refractivity contribution in [2.45, 2.75) is 44.7 Å². The van der Waals surface area contributed by atoms with Crippen molar-refractivity contribution in [3.63, 3.8) is 0 Å². The van der Waals surface area contributed by atoms with Crippen LogP contribution in [0.1, 0.15) is 38.7 Å². The molecular formula is C25H29F3N6O2. The van der Waals surface area contributed by atoms with Crippen LogP contribution in [0.5, 0.6) is 0 Å². The molecule has 1 fully saturated rings. The van der Waals surface area contributed by atoms with Crippen molar-refractivity contribution in [3.8, 4) is 0 Å². The smallest absolute Gasteiger partial charge is 0.390 e. The van der Waals surface area contributed by atoms with Gasteiger partial charge < -0.3 is 25.3 Å². The molecule has 8 nitrogen and oxygen atoms in total. The van der Waals surface area contributed by atoms with Gasteiger partial charge in [0.2, 0.25) is 11.9 Å². The Morgan fingerprint density at radius 1 is 1.19 bits per heavy atom. The molecule has 0 saturated carbocycles. The first-order valence-electron chi connectivity index (χ1n) is 12.1. The molecule has 0 radical (unpaired) electrons.